The summed E-state index contributed by atoms with van der Waals surface area (Å²) in [5.41, 5.74) is -0.924. The standard InChI is InChI=1S/C9H5F4N3/c10-4-3-5(11)7(13)8(6(4)12)16-9-14-1-2-15-9/h1-3H,(H2,14,15,16). The lowest BCUT2D eigenvalue weighted by molar-refractivity contribution is 0.459. The molecule has 1 heterocycles. The molecule has 0 saturated carbocycles. The number of rotatable bonds is 2. The lowest BCUT2D eigenvalue weighted by atomic mass is 10.2. The first kappa shape index (κ1) is 10.5. The highest BCUT2D eigenvalue weighted by Gasteiger charge is 2.19. The Morgan fingerprint density at radius 1 is 1.06 bits per heavy atom. The quantitative estimate of drug-likeness (QED) is 0.616. The van der Waals surface area contributed by atoms with E-state index in [-0.39, 0.29) is 12.0 Å². The minimum atomic E-state index is -1.50. The van der Waals surface area contributed by atoms with E-state index < -0.39 is 29.0 Å². The molecule has 2 rings (SSSR count). The lowest BCUT2D eigenvalue weighted by Gasteiger charge is -2.07. The van der Waals surface area contributed by atoms with E-state index in [9.17, 15) is 17.6 Å². The van der Waals surface area contributed by atoms with Gasteiger partial charge in [-0.2, -0.15) is 0 Å². The number of nitrogens with zero attached hydrogens (tertiary/aromatic N) is 1. The summed E-state index contributed by atoms with van der Waals surface area (Å²) in [4.78, 5) is 6.09. The number of hydrogen-bond acceptors (Lipinski definition) is 2. The molecule has 1 aromatic heterocycles. The smallest absolute Gasteiger partial charge is 0.204 e. The summed E-state index contributed by atoms with van der Waals surface area (Å²) in [5.74, 6) is -5.99. The van der Waals surface area contributed by atoms with Gasteiger partial charge in [0.2, 0.25) is 5.95 Å². The van der Waals surface area contributed by atoms with Gasteiger partial charge in [0.05, 0.1) is 0 Å². The maximum atomic E-state index is 13.1. The van der Waals surface area contributed by atoms with Crippen LogP contribution < -0.4 is 5.32 Å². The molecule has 2 aromatic rings. The maximum absolute atomic E-state index is 13.1. The van der Waals surface area contributed by atoms with E-state index in [1.54, 1.807) is 0 Å². The Kier molecular flexibility index (Phi) is 2.51. The number of hydrogen-bond donors (Lipinski definition) is 2. The van der Waals surface area contributed by atoms with Crippen molar-refractivity contribution in [1.82, 2.24) is 9.97 Å². The second-order valence-corrected chi connectivity index (χ2v) is 2.91. The molecule has 3 nitrogen and oxygen atoms in total. The van der Waals surface area contributed by atoms with Crippen LogP contribution in [0, 0.1) is 23.3 Å². The van der Waals surface area contributed by atoms with Crippen molar-refractivity contribution in [3.8, 4) is 0 Å². The molecule has 0 aliphatic carbocycles. The Morgan fingerprint density at radius 3 is 2.19 bits per heavy atom. The summed E-state index contributed by atoms with van der Waals surface area (Å²) in [6.07, 6.45) is 2.70. The Hall–Kier alpha value is -2.05. The van der Waals surface area contributed by atoms with E-state index in [1.807, 2.05) is 0 Å². The molecule has 2 N–H and O–H groups in total. The van der Waals surface area contributed by atoms with Gasteiger partial charge in [-0.15, -0.1) is 0 Å². The number of halogens is 4. The van der Waals surface area contributed by atoms with E-state index in [0.29, 0.717) is 0 Å². The van der Waals surface area contributed by atoms with Crippen molar-refractivity contribution in [2.24, 2.45) is 0 Å². The molecule has 16 heavy (non-hydrogen) atoms. The van der Waals surface area contributed by atoms with Gasteiger partial charge in [0.15, 0.2) is 23.3 Å². The van der Waals surface area contributed by atoms with Crippen molar-refractivity contribution in [3.05, 3.63) is 41.7 Å². The molecule has 0 atom stereocenters. The van der Waals surface area contributed by atoms with E-state index in [1.165, 1.54) is 12.4 Å². The highest BCUT2D eigenvalue weighted by atomic mass is 19.2. The number of nitrogens with one attached hydrogen (secondary N) is 2. The number of H-pyrrole nitrogens is 1. The van der Waals surface area contributed by atoms with Crippen LogP contribution in [0.2, 0.25) is 0 Å². The SMILES string of the molecule is Fc1cc(F)c(F)c(Nc2ncc[nH]2)c1F. The van der Waals surface area contributed by atoms with Crippen molar-refractivity contribution in [2.75, 3.05) is 5.32 Å². The molecule has 1 aromatic carbocycles. The average molecular weight is 231 g/mol. The fourth-order valence-corrected chi connectivity index (χ4v) is 1.13. The highest BCUT2D eigenvalue weighted by Crippen LogP contribution is 2.25. The van der Waals surface area contributed by atoms with Gasteiger partial charge in [-0.3, -0.25) is 0 Å². The van der Waals surface area contributed by atoms with E-state index in [2.05, 4.69) is 15.3 Å². The molecule has 84 valence electrons. The summed E-state index contributed by atoms with van der Waals surface area (Å²) in [5, 5.41) is 2.11. The molecule has 0 spiro atoms. The third kappa shape index (κ3) is 1.71. The lowest BCUT2D eigenvalue weighted by Crippen LogP contribution is -2.03. The molecular formula is C9H5F4N3. The van der Waals surface area contributed by atoms with Gasteiger partial charge in [-0.25, -0.2) is 22.5 Å². The molecule has 0 amide bonds. The van der Waals surface area contributed by atoms with Crippen LogP contribution in [0.25, 0.3) is 0 Å². The molecule has 0 fully saturated rings. The maximum Gasteiger partial charge on any atom is 0.204 e. The summed E-state index contributed by atoms with van der Waals surface area (Å²) in [7, 11) is 0. The summed E-state index contributed by atoms with van der Waals surface area (Å²) >= 11 is 0. The molecule has 0 aliphatic heterocycles. The van der Waals surface area contributed by atoms with Crippen molar-refractivity contribution < 1.29 is 17.6 Å². The second-order valence-electron chi connectivity index (χ2n) is 2.91. The zero-order chi connectivity index (χ0) is 11.7. The summed E-state index contributed by atoms with van der Waals surface area (Å²) < 4.78 is 51.9. The van der Waals surface area contributed by atoms with Crippen molar-refractivity contribution in [3.63, 3.8) is 0 Å². The first-order valence-electron chi connectivity index (χ1n) is 4.19. The van der Waals surface area contributed by atoms with Gasteiger partial charge in [0.25, 0.3) is 0 Å². The highest BCUT2D eigenvalue weighted by molar-refractivity contribution is 5.55. The van der Waals surface area contributed by atoms with Crippen LogP contribution in [-0.2, 0) is 0 Å². The van der Waals surface area contributed by atoms with Gasteiger partial charge in [0.1, 0.15) is 5.69 Å². The van der Waals surface area contributed by atoms with Gasteiger partial charge >= 0.3 is 0 Å². The van der Waals surface area contributed by atoms with Gasteiger partial charge in [-0.05, 0) is 0 Å². The third-order valence-corrected chi connectivity index (χ3v) is 1.85. The minimum absolute atomic E-state index is 0.0252. The van der Waals surface area contributed by atoms with Gasteiger partial charge in [-0.1, -0.05) is 0 Å². The van der Waals surface area contributed by atoms with Crippen LogP contribution in [0.15, 0.2) is 18.5 Å². The monoisotopic (exact) mass is 231 g/mol. The molecule has 7 heteroatoms. The van der Waals surface area contributed by atoms with E-state index in [4.69, 9.17) is 0 Å². The van der Waals surface area contributed by atoms with Crippen LogP contribution in [0.3, 0.4) is 0 Å². The number of benzene rings is 1. The molecular weight excluding hydrogens is 226 g/mol. The predicted molar refractivity (Wildman–Crippen MR) is 48.1 cm³/mol. The fourth-order valence-electron chi connectivity index (χ4n) is 1.13. The number of aromatic nitrogens is 2. The number of imidazole rings is 1. The van der Waals surface area contributed by atoms with Crippen LogP contribution in [0.4, 0.5) is 29.2 Å². The fraction of sp³-hybridized carbons (Fsp3) is 0. The zero-order valence-electron chi connectivity index (χ0n) is 7.69. The largest absolute Gasteiger partial charge is 0.331 e. The number of anilines is 2. The van der Waals surface area contributed by atoms with Crippen molar-refractivity contribution >= 4 is 11.6 Å². The summed E-state index contributed by atoms with van der Waals surface area (Å²) in [6, 6.07) is 0.137. The third-order valence-electron chi connectivity index (χ3n) is 1.85. The van der Waals surface area contributed by atoms with Crippen LogP contribution in [0.5, 0.6) is 0 Å². The van der Waals surface area contributed by atoms with E-state index >= 15 is 0 Å². The first-order valence-corrected chi connectivity index (χ1v) is 4.19. The Labute approximate surface area is 87.1 Å². The second kappa shape index (κ2) is 3.84. The normalized spacial score (nSPS) is 10.5. The minimum Gasteiger partial charge on any atom is -0.331 e. The Morgan fingerprint density at radius 2 is 1.69 bits per heavy atom. The van der Waals surface area contributed by atoms with Gasteiger partial charge in [0, 0.05) is 18.5 Å². The van der Waals surface area contributed by atoms with E-state index in [0.717, 1.165) is 0 Å². The van der Waals surface area contributed by atoms with Crippen LogP contribution in [-0.4, -0.2) is 9.97 Å². The Balaban J connectivity index is 2.47. The molecule has 0 unspecified atom stereocenters. The first-order chi connectivity index (χ1) is 7.59. The van der Waals surface area contributed by atoms with Crippen LogP contribution in [0.1, 0.15) is 0 Å². The zero-order valence-corrected chi connectivity index (χ0v) is 7.69. The Bertz CT molecular complexity index is 484. The molecule has 0 bridgehead atoms. The molecule has 0 saturated heterocycles. The predicted octanol–water partition coefficient (Wildman–Crippen LogP) is 2.71. The molecule has 0 aliphatic rings. The molecule has 0 radical (unpaired) electrons. The summed E-state index contributed by atoms with van der Waals surface area (Å²) in [6.45, 7) is 0. The van der Waals surface area contributed by atoms with Crippen LogP contribution >= 0.6 is 0 Å². The topological polar surface area (TPSA) is 40.7 Å². The average Bonchev–Trinajstić information content (AvgIpc) is 2.74. The van der Waals surface area contributed by atoms with Crippen molar-refractivity contribution in [2.45, 2.75) is 0 Å². The number of aromatic amines is 1. The van der Waals surface area contributed by atoms with Crippen molar-refractivity contribution in [1.29, 1.82) is 0 Å². The van der Waals surface area contributed by atoms with Gasteiger partial charge < -0.3 is 10.3 Å².